The monoisotopic (exact) mass is 371 g/mol. The third-order valence-corrected chi connectivity index (χ3v) is 3.93. The molecule has 1 aromatic rings. The van der Waals surface area contributed by atoms with Crippen LogP contribution in [0.15, 0.2) is 35.0 Å². The van der Waals surface area contributed by atoms with Crippen LogP contribution in [0.3, 0.4) is 0 Å². The summed E-state index contributed by atoms with van der Waals surface area (Å²) in [5.74, 6) is -0.0137. The van der Waals surface area contributed by atoms with Crippen molar-refractivity contribution in [2.45, 2.75) is 40.2 Å². The second-order valence-electron chi connectivity index (χ2n) is 6.65. The van der Waals surface area contributed by atoms with Crippen LogP contribution in [-0.2, 0) is 4.84 Å². The molecule has 0 heterocycles. The molecule has 0 fully saturated rings. The summed E-state index contributed by atoms with van der Waals surface area (Å²) in [6, 6.07) is 1.67. The lowest BCUT2D eigenvalue weighted by atomic mass is 9.89. The molecule has 144 valence electrons. The number of carbonyl (C=O) groups excluding carboxylic acids is 2. The molecule has 2 rings (SSSR count). The second-order valence-corrected chi connectivity index (χ2v) is 6.65. The van der Waals surface area contributed by atoms with E-state index in [1.807, 2.05) is 33.8 Å². The summed E-state index contributed by atoms with van der Waals surface area (Å²) in [7, 11) is 2.92. The first-order chi connectivity index (χ1) is 12.8. The minimum atomic E-state index is -0.312. The van der Waals surface area contributed by atoms with E-state index < -0.39 is 0 Å². The molecular weight excluding hydrogens is 346 g/mol. The van der Waals surface area contributed by atoms with Crippen LogP contribution in [-0.4, -0.2) is 37.6 Å². The summed E-state index contributed by atoms with van der Waals surface area (Å²) in [4.78, 5) is 30.3. The molecule has 0 N–H and O–H groups in total. The summed E-state index contributed by atoms with van der Waals surface area (Å²) < 4.78 is 10.9. The van der Waals surface area contributed by atoms with Crippen molar-refractivity contribution in [1.29, 1.82) is 0 Å². The third kappa shape index (κ3) is 4.45. The largest absolute Gasteiger partial charge is 0.496 e. The predicted octanol–water partition coefficient (Wildman–Crippen LogP) is 4.12. The molecule has 0 bridgehead atoms. The third-order valence-electron chi connectivity index (χ3n) is 3.93. The van der Waals surface area contributed by atoms with Crippen molar-refractivity contribution in [1.82, 2.24) is 0 Å². The van der Waals surface area contributed by atoms with Crippen molar-refractivity contribution in [2.24, 2.45) is 5.16 Å². The van der Waals surface area contributed by atoms with Gasteiger partial charge in [-0.15, -0.1) is 0 Å². The first-order valence-electron chi connectivity index (χ1n) is 8.72. The van der Waals surface area contributed by atoms with E-state index >= 15 is 0 Å². The summed E-state index contributed by atoms with van der Waals surface area (Å²) in [6.07, 6.45) is 4.86. The molecule has 0 saturated heterocycles. The Morgan fingerprint density at radius 2 is 1.70 bits per heavy atom. The molecule has 0 radical (unpaired) electrons. The summed E-state index contributed by atoms with van der Waals surface area (Å²) in [6.45, 7) is 7.72. The van der Waals surface area contributed by atoms with Gasteiger partial charge in [0.15, 0.2) is 11.6 Å². The summed E-state index contributed by atoms with van der Waals surface area (Å²) >= 11 is 0. The zero-order valence-corrected chi connectivity index (χ0v) is 16.6. The zero-order chi connectivity index (χ0) is 20.1. The van der Waals surface area contributed by atoms with Crippen LogP contribution < -0.4 is 9.47 Å². The predicted molar refractivity (Wildman–Crippen MR) is 104 cm³/mol. The number of carbonyl (C=O) groups is 2. The number of oxime groups is 1. The molecule has 0 amide bonds. The van der Waals surface area contributed by atoms with Gasteiger partial charge in [-0.3, -0.25) is 9.59 Å². The maximum Gasteiger partial charge on any atom is 0.190 e. The van der Waals surface area contributed by atoms with Gasteiger partial charge in [0.1, 0.15) is 17.6 Å². The van der Waals surface area contributed by atoms with Crippen LogP contribution in [0.1, 0.15) is 60.4 Å². The molecule has 1 aliphatic carbocycles. The minimum absolute atomic E-state index is 0.108. The molecule has 0 aromatic heterocycles. The Morgan fingerprint density at radius 3 is 2.22 bits per heavy atom. The SMILES string of the molecule is COc1cc(C(CC=C(C)C)=NOC(C)C)c(OC)c2c1C(=O)C=CC2=O. The Morgan fingerprint density at radius 1 is 1.07 bits per heavy atom. The summed E-state index contributed by atoms with van der Waals surface area (Å²) in [5.41, 5.74) is 2.65. The number of ketones is 2. The van der Waals surface area contributed by atoms with Gasteiger partial charge in [0.05, 0.1) is 31.1 Å². The number of rotatable bonds is 7. The molecule has 0 aliphatic heterocycles. The van der Waals surface area contributed by atoms with E-state index in [0.717, 1.165) is 5.57 Å². The highest BCUT2D eigenvalue weighted by molar-refractivity contribution is 6.25. The molecule has 0 saturated carbocycles. The zero-order valence-electron chi connectivity index (χ0n) is 16.6. The Labute approximate surface area is 159 Å². The number of methoxy groups -OCH3 is 2. The second kappa shape index (κ2) is 8.66. The fourth-order valence-electron chi connectivity index (χ4n) is 2.69. The van der Waals surface area contributed by atoms with Crippen LogP contribution >= 0.6 is 0 Å². The van der Waals surface area contributed by atoms with Crippen molar-refractivity contribution < 1.29 is 23.9 Å². The average molecular weight is 371 g/mol. The van der Waals surface area contributed by atoms with Crippen LogP contribution in [0.25, 0.3) is 0 Å². The van der Waals surface area contributed by atoms with Crippen LogP contribution in [0.2, 0.25) is 0 Å². The Balaban J connectivity index is 2.75. The van der Waals surface area contributed by atoms with E-state index in [9.17, 15) is 9.59 Å². The molecule has 6 nitrogen and oxygen atoms in total. The van der Waals surface area contributed by atoms with Crippen LogP contribution in [0, 0.1) is 0 Å². The van der Waals surface area contributed by atoms with Gasteiger partial charge in [0.25, 0.3) is 0 Å². The molecular formula is C21H25NO5. The van der Waals surface area contributed by atoms with Gasteiger partial charge >= 0.3 is 0 Å². The van der Waals surface area contributed by atoms with E-state index in [2.05, 4.69) is 5.16 Å². The Kier molecular flexibility index (Phi) is 6.55. The first kappa shape index (κ1) is 20.4. The summed E-state index contributed by atoms with van der Waals surface area (Å²) in [5, 5.41) is 4.26. The molecule has 0 atom stereocenters. The highest BCUT2D eigenvalue weighted by Gasteiger charge is 2.31. The molecule has 1 aromatic carbocycles. The smallest absolute Gasteiger partial charge is 0.190 e. The fraction of sp³-hybridized carbons (Fsp3) is 0.381. The lowest BCUT2D eigenvalue weighted by Crippen LogP contribution is -2.18. The van der Waals surface area contributed by atoms with Gasteiger partial charge in [0, 0.05) is 12.0 Å². The number of benzene rings is 1. The Hall–Kier alpha value is -2.89. The molecule has 6 heteroatoms. The molecule has 1 aliphatic rings. The quantitative estimate of drug-likeness (QED) is 0.409. The van der Waals surface area contributed by atoms with Crippen molar-refractivity contribution in [3.63, 3.8) is 0 Å². The number of hydrogen-bond donors (Lipinski definition) is 0. The van der Waals surface area contributed by atoms with E-state index in [-0.39, 0.29) is 28.8 Å². The molecule has 0 spiro atoms. The lowest BCUT2D eigenvalue weighted by molar-refractivity contribution is 0.0857. The van der Waals surface area contributed by atoms with Crippen molar-refractivity contribution in [3.8, 4) is 11.5 Å². The normalized spacial score (nSPS) is 13.5. The number of allylic oxidation sites excluding steroid dienone is 4. The molecule has 27 heavy (non-hydrogen) atoms. The van der Waals surface area contributed by atoms with Gasteiger partial charge in [-0.25, -0.2) is 0 Å². The van der Waals surface area contributed by atoms with Gasteiger partial charge in [-0.1, -0.05) is 16.8 Å². The van der Waals surface area contributed by atoms with E-state index in [1.54, 1.807) is 6.07 Å². The van der Waals surface area contributed by atoms with Gasteiger partial charge in [0.2, 0.25) is 0 Å². The maximum absolute atomic E-state index is 12.5. The highest BCUT2D eigenvalue weighted by Crippen LogP contribution is 2.38. The number of hydrogen-bond acceptors (Lipinski definition) is 6. The number of fused-ring (bicyclic) bond motifs is 1. The van der Waals surface area contributed by atoms with E-state index in [1.165, 1.54) is 26.4 Å². The van der Waals surface area contributed by atoms with Gasteiger partial charge in [-0.2, -0.15) is 0 Å². The number of nitrogens with zero attached hydrogens (tertiary/aromatic N) is 1. The standard InChI is InChI=1S/C21H25NO5/c1-12(2)7-8-15(22-27-13(3)4)14-11-18(25-5)19-16(23)9-10-17(24)20(19)21(14)26-6/h7,9-11,13H,8H2,1-6H3. The van der Waals surface area contributed by atoms with E-state index in [4.69, 9.17) is 14.3 Å². The van der Waals surface area contributed by atoms with Crippen molar-refractivity contribution >= 4 is 17.3 Å². The van der Waals surface area contributed by atoms with Crippen molar-refractivity contribution in [3.05, 3.63) is 46.6 Å². The van der Waals surface area contributed by atoms with Crippen LogP contribution in [0.5, 0.6) is 11.5 Å². The van der Waals surface area contributed by atoms with Gasteiger partial charge < -0.3 is 14.3 Å². The highest BCUT2D eigenvalue weighted by atomic mass is 16.6. The topological polar surface area (TPSA) is 74.2 Å². The van der Waals surface area contributed by atoms with Crippen LogP contribution in [0.4, 0.5) is 0 Å². The first-order valence-corrected chi connectivity index (χ1v) is 8.72. The maximum atomic E-state index is 12.5. The Bertz CT molecular complexity index is 843. The minimum Gasteiger partial charge on any atom is -0.496 e. The molecule has 0 unspecified atom stereocenters. The average Bonchev–Trinajstić information content (AvgIpc) is 2.63. The number of ether oxygens (including phenoxy) is 2. The van der Waals surface area contributed by atoms with E-state index in [0.29, 0.717) is 29.2 Å². The lowest BCUT2D eigenvalue weighted by Gasteiger charge is -2.20. The fourth-order valence-corrected chi connectivity index (χ4v) is 2.69. The van der Waals surface area contributed by atoms with Crippen molar-refractivity contribution in [2.75, 3.05) is 14.2 Å². The van der Waals surface area contributed by atoms with Gasteiger partial charge in [-0.05, 0) is 45.9 Å².